The minimum Gasteiger partial charge on any atom is -0.345 e. The molecule has 0 bridgehead atoms. The molecule has 0 N–H and O–H groups in total. The van der Waals surface area contributed by atoms with Crippen molar-refractivity contribution in [1.29, 1.82) is 0 Å². The van der Waals surface area contributed by atoms with Crippen LogP contribution in [0.5, 0.6) is 0 Å². The van der Waals surface area contributed by atoms with Gasteiger partial charge in [-0.15, -0.1) is 0 Å². The highest BCUT2D eigenvalue weighted by molar-refractivity contribution is 7.90. The fourth-order valence-corrected chi connectivity index (χ4v) is 6.13. The Hall–Kier alpha value is -2.16. The molecule has 1 aliphatic heterocycles. The monoisotopic (exact) mass is 463 g/mol. The number of thiazole rings is 1. The number of carbonyl (C=O) groups excluding carboxylic acids is 1. The molecule has 6 nitrogen and oxygen atoms in total. The van der Waals surface area contributed by atoms with Gasteiger partial charge in [0, 0.05) is 32.6 Å². The molecule has 9 heteroatoms. The Bertz CT molecular complexity index is 1140. The lowest BCUT2D eigenvalue weighted by Crippen LogP contribution is -2.49. The molecule has 1 saturated heterocycles. The quantitative estimate of drug-likeness (QED) is 0.558. The van der Waals surface area contributed by atoms with Crippen molar-refractivity contribution in [2.24, 2.45) is 0 Å². The van der Waals surface area contributed by atoms with E-state index in [-0.39, 0.29) is 23.8 Å². The summed E-state index contributed by atoms with van der Waals surface area (Å²) in [5.41, 5.74) is 1.55. The van der Waals surface area contributed by atoms with Gasteiger partial charge in [0.2, 0.25) is 5.91 Å². The van der Waals surface area contributed by atoms with Gasteiger partial charge in [-0.1, -0.05) is 59.3 Å². The highest BCUT2D eigenvalue weighted by Crippen LogP contribution is 2.33. The first kappa shape index (κ1) is 21.1. The summed E-state index contributed by atoms with van der Waals surface area (Å²) in [6.07, 6.45) is 0.0198. The maximum atomic E-state index is 12.5. The fourth-order valence-electron chi connectivity index (χ4n) is 3.49. The van der Waals surface area contributed by atoms with Crippen LogP contribution in [0.1, 0.15) is 12.0 Å². The summed E-state index contributed by atoms with van der Waals surface area (Å²) in [7, 11) is -3.32. The van der Waals surface area contributed by atoms with Crippen LogP contribution in [0, 0.1) is 0 Å². The van der Waals surface area contributed by atoms with E-state index in [9.17, 15) is 13.2 Å². The number of halogens is 1. The number of amides is 1. The van der Waals surface area contributed by atoms with Crippen LogP contribution in [0.2, 0.25) is 5.02 Å². The van der Waals surface area contributed by atoms with Crippen molar-refractivity contribution in [3.8, 4) is 0 Å². The topological polar surface area (TPSA) is 70.6 Å². The van der Waals surface area contributed by atoms with Crippen molar-refractivity contribution in [1.82, 2.24) is 9.88 Å². The molecule has 3 aromatic rings. The van der Waals surface area contributed by atoms with E-state index in [2.05, 4.69) is 9.88 Å². The zero-order valence-electron chi connectivity index (χ0n) is 16.3. The molecule has 1 aliphatic rings. The zero-order chi connectivity index (χ0) is 21.1. The van der Waals surface area contributed by atoms with Crippen LogP contribution in [0.4, 0.5) is 5.13 Å². The van der Waals surface area contributed by atoms with E-state index in [1.807, 2.05) is 36.4 Å². The van der Waals surface area contributed by atoms with Crippen molar-refractivity contribution >= 4 is 54.0 Å². The fraction of sp³-hybridized carbons (Fsp3) is 0.333. The van der Waals surface area contributed by atoms with E-state index in [1.54, 1.807) is 28.4 Å². The second-order valence-electron chi connectivity index (χ2n) is 7.28. The number of anilines is 1. The number of fused-ring (bicyclic) bond motifs is 1. The van der Waals surface area contributed by atoms with Crippen LogP contribution in [0.3, 0.4) is 0 Å². The Kier molecular flexibility index (Phi) is 6.26. The van der Waals surface area contributed by atoms with Crippen LogP contribution >= 0.6 is 22.9 Å². The molecule has 1 amide bonds. The number of para-hydroxylation sites is 1. The third-order valence-corrected chi connectivity index (χ3v) is 8.10. The molecule has 158 valence electrons. The average Bonchev–Trinajstić information content (AvgIpc) is 3.18. The van der Waals surface area contributed by atoms with Crippen molar-refractivity contribution < 1.29 is 13.2 Å². The number of carbonyl (C=O) groups is 1. The van der Waals surface area contributed by atoms with Gasteiger partial charge in [0.1, 0.15) is 5.52 Å². The third-order valence-electron chi connectivity index (χ3n) is 5.12. The predicted octanol–water partition coefficient (Wildman–Crippen LogP) is 3.60. The zero-order valence-corrected chi connectivity index (χ0v) is 18.7. The van der Waals surface area contributed by atoms with Crippen molar-refractivity contribution in [3.05, 3.63) is 59.1 Å². The van der Waals surface area contributed by atoms with Crippen LogP contribution in [0.15, 0.2) is 48.5 Å². The number of aromatic nitrogens is 1. The van der Waals surface area contributed by atoms with E-state index in [4.69, 9.17) is 11.6 Å². The number of hydrogen-bond acceptors (Lipinski definition) is 6. The molecule has 0 radical (unpaired) electrons. The van der Waals surface area contributed by atoms with Crippen molar-refractivity contribution in [2.45, 2.75) is 12.2 Å². The molecular weight excluding hydrogens is 442 g/mol. The van der Waals surface area contributed by atoms with Gasteiger partial charge in [-0.05, 0) is 17.7 Å². The lowest BCUT2D eigenvalue weighted by molar-refractivity contribution is -0.131. The Morgan fingerprint density at radius 1 is 1.03 bits per heavy atom. The number of benzene rings is 2. The third kappa shape index (κ3) is 4.94. The smallest absolute Gasteiger partial charge is 0.223 e. The number of rotatable bonds is 6. The molecule has 1 fully saturated rings. The van der Waals surface area contributed by atoms with Crippen LogP contribution in [-0.2, 0) is 20.4 Å². The summed E-state index contributed by atoms with van der Waals surface area (Å²) in [5.74, 6) is -0.273. The van der Waals surface area contributed by atoms with Gasteiger partial charge in [-0.25, -0.2) is 13.4 Å². The summed E-state index contributed by atoms with van der Waals surface area (Å²) in [4.78, 5) is 21.1. The van der Waals surface area contributed by atoms with E-state index >= 15 is 0 Å². The molecule has 0 spiro atoms. The highest BCUT2D eigenvalue weighted by Gasteiger charge is 2.24. The Morgan fingerprint density at radius 3 is 2.47 bits per heavy atom. The standard InChI is InChI=1S/C21H22ClN3O3S2/c22-17-7-4-8-18-20(17)23-21(29-18)25-12-10-24(11-13-25)19(26)9-14-30(27,28)15-16-5-2-1-3-6-16/h1-8H,9-15H2. The van der Waals surface area contributed by atoms with Gasteiger partial charge >= 0.3 is 0 Å². The van der Waals surface area contributed by atoms with Crippen LogP contribution < -0.4 is 4.90 Å². The van der Waals surface area contributed by atoms with E-state index in [0.717, 1.165) is 20.9 Å². The van der Waals surface area contributed by atoms with Gasteiger partial charge in [-0.3, -0.25) is 4.79 Å². The summed E-state index contributed by atoms with van der Waals surface area (Å²) < 4.78 is 25.7. The second kappa shape index (κ2) is 8.91. The first-order chi connectivity index (χ1) is 14.4. The van der Waals surface area contributed by atoms with Gasteiger partial charge in [0.15, 0.2) is 15.0 Å². The molecule has 0 atom stereocenters. The molecule has 0 aliphatic carbocycles. The average molecular weight is 464 g/mol. The minimum atomic E-state index is -3.32. The van der Waals surface area contributed by atoms with Crippen LogP contribution in [0.25, 0.3) is 10.2 Å². The first-order valence-corrected chi connectivity index (χ1v) is 12.7. The highest BCUT2D eigenvalue weighted by atomic mass is 35.5. The van der Waals surface area contributed by atoms with Gasteiger partial charge in [-0.2, -0.15) is 0 Å². The molecule has 1 aromatic heterocycles. The Morgan fingerprint density at radius 2 is 1.77 bits per heavy atom. The largest absolute Gasteiger partial charge is 0.345 e. The molecule has 0 saturated carbocycles. The maximum absolute atomic E-state index is 12.5. The van der Waals surface area contributed by atoms with E-state index in [1.165, 1.54) is 0 Å². The van der Waals surface area contributed by atoms with Crippen molar-refractivity contribution in [2.75, 3.05) is 36.8 Å². The number of hydrogen-bond donors (Lipinski definition) is 0. The molecule has 2 aromatic carbocycles. The molecule has 0 unspecified atom stereocenters. The molecular formula is C21H22ClN3O3S2. The number of sulfone groups is 1. The van der Waals surface area contributed by atoms with Crippen LogP contribution in [-0.4, -0.2) is 56.1 Å². The van der Waals surface area contributed by atoms with Crippen molar-refractivity contribution in [3.63, 3.8) is 0 Å². The maximum Gasteiger partial charge on any atom is 0.223 e. The van der Waals surface area contributed by atoms with Gasteiger partial charge in [0.25, 0.3) is 0 Å². The normalized spacial score (nSPS) is 15.0. The lowest BCUT2D eigenvalue weighted by atomic mass is 10.2. The first-order valence-electron chi connectivity index (χ1n) is 9.73. The summed E-state index contributed by atoms with van der Waals surface area (Å²) in [6, 6.07) is 14.8. The van der Waals surface area contributed by atoms with E-state index < -0.39 is 9.84 Å². The second-order valence-corrected chi connectivity index (χ2v) is 10.9. The molecule has 2 heterocycles. The van der Waals surface area contributed by atoms with Gasteiger partial charge in [0.05, 0.1) is 21.2 Å². The SMILES string of the molecule is O=C(CCS(=O)(=O)Cc1ccccc1)N1CCN(c2nc3c(Cl)cccc3s2)CC1. The summed E-state index contributed by atoms with van der Waals surface area (Å²) in [6.45, 7) is 2.45. The lowest BCUT2D eigenvalue weighted by Gasteiger charge is -2.34. The Balaban J connectivity index is 1.30. The minimum absolute atomic E-state index is 0.0198. The predicted molar refractivity (Wildman–Crippen MR) is 122 cm³/mol. The summed E-state index contributed by atoms with van der Waals surface area (Å²) >= 11 is 7.81. The molecule has 30 heavy (non-hydrogen) atoms. The molecule has 4 rings (SSSR count). The summed E-state index contributed by atoms with van der Waals surface area (Å²) in [5, 5.41) is 1.54. The van der Waals surface area contributed by atoms with Gasteiger partial charge < -0.3 is 9.80 Å². The Labute approximate surface area is 185 Å². The number of piperazine rings is 1. The number of nitrogens with zero attached hydrogens (tertiary/aromatic N) is 3. The van der Waals surface area contributed by atoms with E-state index in [0.29, 0.717) is 31.2 Å².